The number of anilines is 2. The largest absolute Gasteiger partial charge is 0.495 e. The molecule has 0 aliphatic carbocycles. The van der Waals surface area contributed by atoms with Gasteiger partial charge in [-0.2, -0.15) is 0 Å². The first kappa shape index (κ1) is 15.5. The van der Waals surface area contributed by atoms with Crippen molar-refractivity contribution < 1.29 is 9.53 Å². The Kier molecular flexibility index (Phi) is 3.60. The van der Waals surface area contributed by atoms with Gasteiger partial charge in [0.05, 0.1) is 12.8 Å². The maximum absolute atomic E-state index is 11.9. The predicted molar refractivity (Wildman–Crippen MR) is 98.5 cm³/mol. The first-order valence-electron chi connectivity index (χ1n) is 8.24. The Balaban J connectivity index is 2.00. The predicted octanol–water partition coefficient (Wildman–Crippen LogP) is 2.96. The number of hydrogen-bond donors (Lipinski definition) is 1. The van der Waals surface area contributed by atoms with Crippen molar-refractivity contribution in [3.05, 3.63) is 42.1 Å². The number of nitrogens with one attached hydrogen (secondary N) is 1. The summed E-state index contributed by atoms with van der Waals surface area (Å²) in [6.45, 7) is 0. The van der Waals surface area contributed by atoms with Crippen molar-refractivity contribution in [1.29, 1.82) is 0 Å². The number of pyridine rings is 1. The van der Waals surface area contributed by atoms with Crippen LogP contribution in [-0.4, -0.2) is 36.5 Å². The highest BCUT2D eigenvalue weighted by Gasteiger charge is 2.25. The molecule has 0 fully saturated rings. The van der Waals surface area contributed by atoms with Crippen molar-refractivity contribution in [1.82, 2.24) is 9.38 Å². The van der Waals surface area contributed by atoms with Crippen molar-refractivity contribution in [2.45, 2.75) is 12.8 Å². The number of rotatable bonds is 3. The Bertz CT molecular complexity index is 975. The van der Waals surface area contributed by atoms with E-state index in [0.717, 1.165) is 34.0 Å². The lowest BCUT2D eigenvalue weighted by Crippen LogP contribution is -2.20. The molecule has 1 aliphatic heterocycles. The number of nitrogens with zero attached hydrogens (tertiary/aromatic N) is 3. The first-order valence-corrected chi connectivity index (χ1v) is 8.24. The number of benzene rings is 1. The lowest BCUT2D eigenvalue weighted by Gasteiger charge is -2.23. The highest BCUT2D eigenvalue weighted by Crippen LogP contribution is 2.41. The van der Waals surface area contributed by atoms with E-state index in [1.165, 1.54) is 0 Å². The summed E-state index contributed by atoms with van der Waals surface area (Å²) in [6.07, 6.45) is 3.16. The number of aromatic nitrogens is 2. The third-order valence-electron chi connectivity index (χ3n) is 4.54. The van der Waals surface area contributed by atoms with Crippen LogP contribution in [-0.2, 0) is 11.2 Å². The van der Waals surface area contributed by atoms with Crippen LogP contribution in [0.5, 0.6) is 5.75 Å². The number of carbonyl (C=O) groups is 1. The van der Waals surface area contributed by atoms with Gasteiger partial charge in [-0.3, -0.25) is 9.20 Å². The molecule has 1 aromatic carbocycles. The summed E-state index contributed by atoms with van der Waals surface area (Å²) in [5.41, 5.74) is 4.67. The van der Waals surface area contributed by atoms with Gasteiger partial charge in [0.15, 0.2) is 0 Å². The van der Waals surface area contributed by atoms with Gasteiger partial charge in [0.25, 0.3) is 0 Å². The molecule has 4 rings (SSSR count). The molecule has 0 bridgehead atoms. The second-order valence-corrected chi connectivity index (χ2v) is 6.32. The van der Waals surface area contributed by atoms with Gasteiger partial charge in [0, 0.05) is 32.3 Å². The van der Waals surface area contributed by atoms with Crippen molar-refractivity contribution in [2.75, 3.05) is 31.4 Å². The molecule has 0 radical (unpaired) electrons. The zero-order valence-electron chi connectivity index (χ0n) is 14.5. The summed E-state index contributed by atoms with van der Waals surface area (Å²) >= 11 is 0. The number of ether oxygens (including phenoxy) is 1. The average molecular weight is 336 g/mol. The van der Waals surface area contributed by atoms with Gasteiger partial charge < -0.3 is 15.0 Å². The minimum Gasteiger partial charge on any atom is -0.495 e. The quantitative estimate of drug-likeness (QED) is 0.799. The molecule has 25 heavy (non-hydrogen) atoms. The van der Waals surface area contributed by atoms with Crippen LogP contribution in [0.3, 0.4) is 0 Å². The third-order valence-corrected chi connectivity index (χ3v) is 4.54. The van der Waals surface area contributed by atoms with Crippen LogP contribution in [0.15, 0.2) is 36.5 Å². The minimum absolute atomic E-state index is 0.0192. The molecule has 128 valence electrons. The number of imidazole rings is 1. The van der Waals surface area contributed by atoms with Gasteiger partial charge in [-0.25, -0.2) is 4.98 Å². The summed E-state index contributed by atoms with van der Waals surface area (Å²) in [7, 11) is 5.64. The second kappa shape index (κ2) is 5.81. The van der Waals surface area contributed by atoms with E-state index in [4.69, 9.17) is 9.72 Å². The van der Waals surface area contributed by atoms with Crippen LogP contribution >= 0.6 is 0 Å². The highest BCUT2D eigenvalue weighted by molar-refractivity contribution is 5.98. The molecule has 0 spiro atoms. The van der Waals surface area contributed by atoms with E-state index in [9.17, 15) is 4.79 Å². The number of methoxy groups -OCH3 is 1. The Hall–Kier alpha value is -3.02. The van der Waals surface area contributed by atoms with E-state index in [1.807, 2.05) is 50.6 Å². The molecular formula is C19H20N4O2. The molecule has 2 aromatic heterocycles. The van der Waals surface area contributed by atoms with Crippen LogP contribution in [0.25, 0.3) is 16.9 Å². The molecule has 6 nitrogen and oxygen atoms in total. The van der Waals surface area contributed by atoms with Crippen molar-refractivity contribution in [3.63, 3.8) is 0 Å². The molecule has 0 saturated heterocycles. The van der Waals surface area contributed by atoms with E-state index >= 15 is 0 Å². The number of fused-ring (bicyclic) bond motifs is 2. The average Bonchev–Trinajstić information content (AvgIpc) is 3.00. The number of amides is 1. The standard InChI is InChI=1S/C19H20N4O2/c1-22(2)19-18(20-15-6-4-5-11-23(15)19)13-7-9-14(25-3)17-12(13)8-10-16(24)21-17/h4-7,9,11H,8,10H2,1-3H3,(H,21,24). The lowest BCUT2D eigenvalue weighted by molar-refractivity contribution is -0.116. The van der Waals surface area contributed by atoms with E-state index < -0.39 is 0 Å². The fourth-order valence-electron chi connectivity index (χ4n) is 3.45. The van der Waals surface area contributed by atoms with Crippen LogP contribution in [0.4, 0.5) is 11.5 Å². The van der Waals surface area contributed by atoms with Gasteiger partial charge in [-0.05, 0) is 36.2 Å². The summed E-state index contributed by atoms with van der Waals surface area (Å²) in [5, 5.41) is 2.96. The second-order valence-electron chi connectivity index (χ2n) is 6.32. The zero-order valence-corrected chi connectivity index (χ0v) is 14.5. The lowest BCUT2D eigenvalue weighted by atomic mass is 9.94. The number of carbonyl (C=O) groups excluding carboxylic acids is 1. The van der Waals surface area contributed by atoms with Crippen molar-refractivity contribution in [3.8, 4) is 17.0 Å². The zero-order chi connectivity index (χ0) is 17.6. The molecule has 6 heteroatoms. The molecule has 3 aromatic rings. The molecule has 1 amide bonds. The molecular weight excluding hydrogens is 316 g/mol. The van der Waals surface area contributed by atoms with Crippen molar-refractivity contribution >= 4 is 23.1 Å². The maximum atomic E-state index is 11.9. The van der Waals surface area contributed by atoms with Gasteiger partial charge in [0.1, 0.15) is 22.9 Å². The molecule has 0 unspecified atom stereocenters. The summed E-state index contributed by atoms with van der Waals surface area (Å²) in [5.74, 6) is 1.72. The van der Waals surface area contributed by atoms with E-state index in [2.05, 4.69) is 14.6 Å². The molecule has 0 atom stereocenters. The van der Waals surface area contributed by atoms with E-state index in [1.54, 1.807) is 7.11 Å². The van der Waals surface area contributed by atoms with Gasteiger partial charge in [-0.1, -0.05) is 6.07 Å². The Morgan fingerprint density at radius 1 is 1.20 bits per heavy atom. The van der Waals surface area contributed by atoms with Crippen LogP contribution in [0.1, 0.15) is 12.0 Å². The van der Waals surface area contributed by atoms with E-state index in [-0.39, 0.29) is 5.91 Å². The monoisotopic (exact) mass is 336 g/mol. The normalized spacial score (nSPS) is 13.5. The topological polar surface area (TPSA) is 58.9 Å². The van der Waals surface area contributed by atoms with Crippen molar-refractivity contribution in [2.24, 2.45) is 0 Å². The molecule has 0 saturated carbocycles. The first-order chi connectivity index (χ1) is 12.1. The van der Waals surface area contributed by atoms with Crippen LogP contribution in [0.2, 0.25) is 0 Å². The molecule has 1 N–H and O–H groups in total. The van der Waals surface area contributed by atoms with E-state index in [0.29, 0.717) is 18.6 Å². The van der Waals surface area contributed by atoms with Gasteiger partial charge in [0.2, 0.25) is 5.91 Å². The minimum atomic E-state index is 0.0192. The maximum Gasteiger partial charge on any atom is 0.224 e. The number of hydrogen-bond acceptors (Lipinski definition) is 4. The Morgan fingerprint density at radius 3 is 2.80 bits per heavy atom. The van der Waals surface area contributed by atoms with Crippen LogP contribution in [0, 0.1) is 0 Å². The highest BCUT2D eigenvalue weighted by atomic mass is 16.5. The summed E-state index contributed by atoms with van der Waals surface area (Å²) in [4.78, 5) is 18.8. The van der Waals surface area contributed by atoms with Gasteiger partial charge in [-0.15, -0.1) is 0 Å². The molecule has 1 aliphatic rings. The fraction of sp³-hybridized carbons (Fsp3) is 0.263. The van der Waals surface area contributed by atoms with Crippen LogP contribution < -0.4 is 15.0 Å². The summed E-state index contributed by atoms with van der Waals surface area (Å²) in [6, 6.07) is 9.89. The smallest absolute Gasteiger partial charge is 0.224 e. The fourth-order valence-corrected chi connectivity index (χ4v) is 3.45. The van der Waals surface area contributed by atoms with Gasteiger partial charge >= 0.3 is 0 Å². The molecule has 3 heterocycles. The SMILES string of the molecule is COc1ccc(-c2nc3ccccn3c2N(C)C)c2c1NC(=O)CC2. The summed E-state index contributed by atoms with van der Waals surface area (Å²) < 4.78 is 7.51. The Morgan fingerprint density at radius 2 is 2.04 bits per heavy atom. The Labute approximate surface area is 146 Å². The third kappa shape index (κ3) is 2.41.